The Balaban J connectivity index is 1.81. The Morgan fingerprint density at radius 2 is 2.05 bits per heavy atom. The van der Waals surface area contributed by atoms with Crippen LogP contribution in [0.3, 0.4) is 0 Å². The number of carbonyl (C=O) groups excluding carboxylic acids is 2. The lowest BCUT2D eigenvalue weighted by atomic mass is 10.00. The minimum atomic E-state index is -0.479. The molecule has 0 unspecified atom stereocenters. The second-order valence-corrected chi connectivity index (χ2v) is 4.78. The van der Waals surface area contributed by atoms with Crippen molar-refractivity contribution >= 4 is 11.9 Å². The molecular weight excluding hydrogens is 254 g/mol. The normalized spacial score (nSPS) is 14.2. The third-order valence-corrected chi connectivity index (χ3v) is 3.24. The summed E-state index contributed by atoms with van der Waals surface area (Å²) in [5, 5.41) is 4.82. The highest BCUT2D eigenvalue weighted by atomic mass is 16.2. The smallest absolute Gasteiger partial charge is 0.321 e. The van der Waals surface area contributed by atoms with E-state index in [9.17, 15) is 9.59 Å². The SMILES string of the molecule is C=CCNC(=O)NC(=O)CN1CCc2ccccc2C1. The highest BCUT2D eigenvalue weighted by molar-refractivity contribution is 5.95. The Bertz CT molecular complexity index is 514. The summed E-state index contributed by atoms with van der Waals surface area (Å²) < 4.78 is 0. The lowest BCUT2D eigenvalue weighted by Crippen LogP contribution is -2.45. The Morgan fingerprint density at radius 1 is 1.30 bits per heavy atom. The summed E-state index contributed by atoms with van der Waals surface area (Å²) in [6.45, 7) is 5.65. The van der Waals surface area contributed by atoms with E-state index in [-0.39, 0.29) is 12.5 Å². The molecule has 2 N–H and O–H groups in total. The van der Waals surface area contributed by atoms with Crippen LogP contribution in [0.5, 0.6) is 0 Å². The van der Waals surface area contributed by atoms with E-state index in [4.69, 9.17) is 0 Å². The molecule has 0 bridgehead atoms. The molecule has 0 saturated carbocycles. The van der Waals surface area contributed by atoms with Gasteiger partial charge in [0.15, 0.2) is 0 Å². The third-order valence-electron chi connectivity index (χ3n) is 3.24. The minimum absolute atomic E-state index is 0.232. The molecule has 1 aromatic carbocycles. The second kappa shape index (κ2) is 6.86. The van der Waals surface area contributed by atoms with Crippen molar-refractivity contribution < 1.29 is 9.59 Å². The molecule has 5 nitrogen and oxygen atoms in total. The zero-order valence-corrected chi connectivity index (χ0v) is 11.4. The Kier molecular flexibility index (Phi) is 4.90. The van der Waals surface area contributed by atoms with Crippen molar-refractivity contribution in [1.82, 2.24) is 15.5 Å². The molecule has 3 amide bonds. The average Bonchev–Trinajstić information content (AvgIpc) is 2.44. The Morgan fingerprint density at radius 3 is 2.80 bits per heavy atom. The number of urea groups is 1. The van der Waals surface area contributed by atoms with Gasteiger partial charge in [-0.1, -0.05) is 30.3 Å². The van der Waals surface area contributed by atoms with E-state index in [2.05, 4.69) is 29.3 Å². The molecule has 0 radical (unpaired) electrons. The number of carbonyl (C=O) groups is 2. The van der Waals surface area contributed by atoms with Crippen molar-refractivity contribution in [2.75, 3.05) is 19.6 Å². The topological polar surface area (TPSA) is 61.4 Å². The fraction of sp³-hybridized carbons (Fsp3) is 0.333. The van der Waals surface area contributed by atoms with Gasteiger partial charge in [0.25, 0.3) is 0 Å². The van der Waals surface area contributed by atoms with Gasteiger partial charge in [-0.2, -0.15) is 0 Å². The molecule has 0 aromatic heterocycles. The summed E-state index contributed by atoms with van der Waals surface area (Å²) in [6, 6.07) is 7.76. The summed E-state index contributed by atoms with van der Waals surface area (Å²) in [7, 11) is 0. The van der Waals surface area contributed by atoms with Crippen molar-refractivity contribution in [1.29, 1.82) is 0 Å². The maximum Gasteiger partial charge on any atom is 0.321 e. The van der Waals surface area contributed by atoms with Crippen LogP contribution in [-0.4, -0.2) is 36.5 Å². The second-order valence-electron chi connectivity index (χ2n) is 4.78. The molecule has 106 valence electrons. The van der Waals surface area contributed by atoms with E-state index in [0.717, 1.165) is 19.5 Å². The third kappa shape index (κ3) is 3.93. The largest absolute Gasteiger partial charge is 0.334 e. The van der Waals surface area contributed by atoms with Crippen LogP contribution in [-0.2, 0) is 17.8 Å². The van der Waals surface area contributed by atoms with Crippen LogP contribution in [0.1, 0.15) is 11.1 Å². The van der Waals surface area contributed by atoms with Crippen molar-refractivity contribution in [3.05, 3.63) is 48.0 Å². The molecule has 0 spiro atoms. The van der Waals surface area contributed by atoms with Gasteiger partial charge >= 0.3 is 6.03 Å². The molecule has 1 aromatic rings. The van der Waals surface area contributed by atoms with E-state index in [1.54, 1.807) is 6.08 Å². The van der Waals surface area contributed by atoms with Crippen LogP contribution < -0.4 is 10.6 Å². The number of rotatable bonds is 4. The highest BCUT2D eigenvalue weighted by Crippen LogP contribution is 2.17. The molecule has 0 aliphatic carbocycles. The summed E-state index contributed by atoms with van der Waals surface area (Å²) >= 11 is 0. The highest BCUT2D eigenvalue weighted by Gasteiger charge is 2.18. The number of amides is 3. The van der Waals surface area contributed by atoms with Crippen molar-refractivity contribution in [2.24, 2.45) is 0 Å². The van der Waals surface area contributed by atoms with Gasteiger partial charge in [0, 0.05) is 19.6 Å². The van der Waals surface area contributed by atoms with Gasteiger partial charge in [-0.05, 0) is 17.5 Å². The molecule has 5 heteroatoms. The summed E-state index contributed by atoms with van der Waals surface area (Å²) in [6.07, 6.45) is 2.50. The lowest BCUT2D eigenvalue weighted by molar-refractivity contribution is -0.121. The van der Waals surface area contributed by atoms with Crippen LogP contribution in [0.2, 0.25) is 0 Å². The fourth-order valence-electron chi connectivity index (χ4n) is 2.27. The van der Waals surface area contributed by atoms with E-state index in [0.29, 0.717) is 6.54 Å². The molecule has 1 aliphatic heterocycles. The van der Waals surface area contributed by atoms with E-state index in [1.807, 2.05) is 17.0 Å². The Hall–Kier alpha value is -2.14. The van der Waals surface area contributed by atoms with E-state index in [1.165, 1.54) is 11.1 Å². The van der Waals surface area contributed by atoms with Crippen LogP contribution >= 0.6 is 0 Å². The molecule has 1 heterocycles. The fourth-order valence-corrected chi connectivity index (χ4v) is 2.27. The molecule has 0 saturated heterocycles. The standard InChI is InChI=1S/C15H19N3O2/c1-2-8-16-15(20)17-14(19)11-18-9-7-12-5-3-4-6-13(12)10-18/h2-6H,1,7-11H2,(H2,16,17,19,20). The Labute approximate surface area is 118 Å². The molecule has 20 heavy (non-hydrogen) atoms. The quantitative estimate of drug-likeness (QED) is 0.806. The summed E-state index contributed by atoms with van der Waals surface area (Å²) in [4.78, 5) is 25.1. The van der Waals surface area contributed by atoms with Crippen LogP contribution in [0.15, 0.2) is 36.9 Å². The summed E-state index contributed by atoms with van der Waals surface area (Å²) in [5.74, 6) is -0.286. The van der Waals surface area contributed by atoms with Gasteiger partial charge in [-0.25, -0.2) is 4.79 Å². The first-order chi connectivity index (χ1) is 9.69. The van der Waals surface area contributed by atoms with Crippen molar-refractivity contribution in [3.8, 4) is 0 Å². The summed E-state index contributed by atoms with van der Waals surface area (Å²) in [5.41, 5.74) is 2.59. The molecule has 2 rings (SSSR count). The first-order valence-corrected chi connectivity index (χ1v) is 6.66. The number of benzene rings is 1. The number of hydrogen-bond donors (Lipinski definition) is 2. The van der Waals surface area contributed by atoms with Crippen LogP contribution in [0.4, 0.5) is 4.79 Å². The molecule has 0 atom stereocenters. The lowest BCUT2D eigenvalue weighted by Gasteiger charge is -2.27. The average molecular weight is 273 g/mol. The van der Waals surface area contributed by atoms with Gasteiger partial charge in [-0.3, -0.25) is 15.0 Å². The predicted octanol–water partition coefficient (Wildman–Crippen LogP) is 1.06. The minimum Gasteiger partial charge on any atom is -0.334 e. The first kappa shape index (κ1) is 14.3. The van der Waals surface area contributed by atoms with Crippen molar-refractivity contribution in [2.45, 2.75) is 13.0 Å². The number of nitrogens with zero attached hydrogens (tertiary/aromatic N) is 1. The molecule has 0 fully saturated rings. The van der Waals surface area contributed by atoms with Gasteiger partial charge in [0.2, 0.25) is 5.91 Å². The molecular formula is C15H19N3O2. The monoisotopic (exact) mass is 273 g/mol. The van der Waals surface area contributed by atoms with E-state index < -0.39 is 6.03 Å². The maximum atomic E-state index is 11.8. The maximum absolute atomic E-state index is 11.8. The van der Waals surface area contributed by atoms with Gasteiger partial charge in [0.1, 0.15) is 0 Å². The van der Waals surface area contributed by atoms with E-state index >= 15 is 0 Å². The molecule has 1 aliphatic rings. The number of imide groups is 1. The van der Waals surface area contributed by atoms with Crippen molar-refractivity contribution in [3.63, 3.8) is 0 Å². The number of nitrogens with one attached hydrogen (secondary N) is 2. The zero-order chi connectivity index (χ0) is 14.4. The number of fused-ring (bicyclic) bond motifs is 1. The predicted molar refractivity (Wildman–Crippen MR) is 77.2 cm³/mol. The first-order valence-electron chi connectivity index (χ1n) is 6.66. The number of hydrogen-bond acceptors (Lipinski definition) is 3. The van der Waals surface area contributed by atoms with Gasteiger partial charge < -0.3 is 5.32 Å². The van der Waals surface area contributed by atoms with Crippen LogP contribution in [0.25, 0.3) is 0 Å². The van der Waals surface area contributed by atoms with Gasteiger partial charge in [-0.15, -0.1) is 6.58 Å². The van der Waals surface area contributed by atoms with Gasteiger partial charge in [0.05, 0.1) is 6.54 Å². The van der Waals surface area contributed by atoms with Crippen LogP contribution in [0, 0.1) is 0 Å². The zero-order valence-electron chi connectivity index (χ0n) is 11.4.